The monoisotopic (exact) mass is 354 g/mol. The van der Waals surface area contributed by atoms with Gasteiger partial charge < -0.3 is 28.4 Å². The topological polar surface area (TPSA) is 89.5 Å². The van der Waals surface area contributed by atoms with Gasteiger partial charge in [-0.05, 0) is 17.7 Å². The third kappa shape index (κ3) is 3.48. The fraction of sp³-hybridized carbons (Fsp3) is 0.529. The molecule has 1 aromatic rings. The molecule has 3 atom stereocenters. The van der Waals surface area contributed by atoms with Gasteiger partial charge in [-0.3, -0.25) is 9.59 Å². The third-order valence-electron chi connectivity index (χ3n) is 4.21. The molecule has 0 bridgehead atoms. The summed E-state index contributed by atoms with van der Waals surface area (Å²) < 4.78 is 31.3. The molecule has 0 aliphatic carbocycles. The molecule has 1 saturated heterocycles. The van der Waals surface area contributed by atoms with Crippen LogP contribution in [0, 0.1) is 11.8 Å². The number of methoxy groups -OCH3 is 5. The molecule has 1 aliphatic rings. The maximum Gasteiger partial charge on any atom is 0.312 e. The van der Waals surface area contributed by atoms with Crippen molar-refractivity contribution < 1.29 is 38.0 Å². The molecule has 8 heteroatoms. The van der Waals surface area contributed by atoms with E-state index in [1.54, 1.807) is 12.1 Å². The molecule has 0 aromatic heterocycles. The van der Waals surface area contributed by atoms with E-state index in [0.29, 0.717) is 22.8 Å². The molecule has 1 fully saturated rings. The first-order valence-corrected chi connectivity index (χ1v) is 7.59. The minimum absolute atomic E-state index is 0.0494. The smallest absolute Gasteiger partial charge is 0.312 e. The van der Waals surface area contributed by atoms with E-state index in [4.69, 9.17) is 28.4 Å². The Morgan fingerprint density at radius 2 is 1.48 bits per heavy atom. The van der Waals surface area contributed by atoms with Gasteiger partial charge in [0.15, 0.2) is 11.5 Å². The van der Waals surface area contributed by atoms with Crippen molar-refractivity contribution >= 4 is 11.9 Å². The van der Waals surface area contributed by atoms with Crippen molar-refractivity contribution in [3.05, 3.63) is 17.7 Å². The van der Waals surface area contributed by atoms with Crippen LogP contribution in [0.1, 0.15) is 11.7 Å². The standard InChI is InChI=1S/C17H22O8/c1-20-11-6-9(7-12(21-2)15(11)22-3)14-13(17(19)24-5)10(8-25-14)16(18)23-4/h6-7,10,13-14H,8H2,1-5H3/t10-,13+,14+/m1/s1. The minimum Gasteiger partial charge on any atom is -0.493 e. The molecular weight excluding hydrogens is 332 g/mol. The fourth-order valence-electron chi connectivity index (χ4n) is 2.98. The molecule has 0 amide bonds. The zero-order valence-corrected chi connectivity index (χ0v) is 14.9. The van der Waals surface area contributed by atoms with Crippen LogP contribution in [-0.2, 0) is 23.8 Å². The summed E-state index contributed by atoms with van der Waals surface area (Å²) in [7, 11) is 7.01. The SMILES string of the molecule is COC(=O)[C@H]1[C@H](C(=O)OC)CO[C@H]1c1cc(OC)c(OC)c(OC)c1. The summed E-state index contributed by atoms with van der Waals surface area (Å²) >= 11 is 0. The molecule has 8 nitrogen and oxygen atoms in total. The first kappa shape index (κ1) is 18.9. The lowest BCUT2D eigenvalue weighted by atomic mass is 9.87. The highest BCUT2D eigenvalue weighted by Crippen LogP contribution is 2.45. The zero-order valence-electron chi connectivity index (χ0n) is 14.9. The maximum atomic E-state index is 12.3. The van der Waals surface area contributed by atoms with E-state index >= 15 is 0 Å². The van der Waals surface area contributed by atoms with Crippen LogP contribution in [0.5, 0.6) is 17.2 Å². The molecule has 1 aliphatic heterocycles. The molecule has 1 heterocycles. The number of carbonyl (C=O) groups excluding carboxylic acids is 2. The van der Waals surface area contributed by atoms with Crippen molar-refractivity contribution in [1.82, 2.24) is 0 Å². The van der Waals surface area contributed by atoms with Gasteiger partial charge in [0.05, 0.1) is 54.2 Å². The highest BCUT2D eigenvalue weighted by atomic mass is 16.6. The van der Waals surface area contributed by atoms with Crippen molar-refractivity contribution in [3.8, 4) is 17.2 Å². The molecule has 0 unspecified atom stereocenters. The fourth-order valence-corrected chi connectivity index (χ4v) is 2.98. The average Bonchev–Trinajstić information content (AvgIpc) is 3.10. The molecule has 1 aromatic carbocycles. The van der Waals surface area contributed by atoms with Crippen LogP contribution in [0.3, 0.4) is 0 Å². The summed E-state index contributed by atoms with van der Waals surface area (Å²) in [5.41, 5.74) is 0.608. The normalized spacial score (nSPS) is 22.2. The minimum atomic E-state index is -0.833. The number of hydrogen-bond donors (Lipinski definition) is 0. The maximum absolute atomic E-state index is 12.3. The second-order valence-electron chi connectivity index (χ2n) is 5.39. The Morgan fingerprint density at radius 1 is 0.920 bits per heavy atom. The largest absolute Gasteiger partial charge is 0.493 e. The summed E-state index contributed by atoms with van der Waals surface area (Å²) in [4.78, 5) is 24.3. The molecule has 0 radical (unpaired) electrons. The van der Waals surface area contributed by atoms with Gasteiger partial charge in [-0.1, -0.05) is 0 Å². The van der Waals surface area contributed by atoms with Gasteiger partial charge in [0.25, 0.3) is 0 Å². The lowest BCUT2D eigenvalue weighted by Gasteiger charge is -2.21. The highest BCUT2D eigenvalue weighted by Gasteiger charge is 2.48. The van der Waals surface area contributed by atoms with E-state index in [1.165, 1.54) is 35.5 Å². The van der Waals surface area contributed by atoms with Gasteiger partial charge >= 0.3 is 11.9 Å². The zero-order chi connectivity index (χ0) is 18.6. The lowest BCUT2D eigenvalue weighted by Crippen LogP contribution is -2.31. The quantitative estimate of drug-likeness (QED) is 0.708. The Labute approximate surface area is 145 Å². The lowest BCUT2D eigenvalue weighted by molar-refractivity contribution is -0.156. The van der Waals surface area contributed by atoms with Crippen LogP contribution in [-0.4, -0.2) is 54.1 Å². The second-order valence-corrected chi connectivity index (χ2v) is 5.39. The Kier molecular flexibility index (Phi) is 6.08. The van der Waals surface area contributed by atoms with Crippen LogP contribution >= 0.6 is 0 Å². The highest BCUT2D eigenvalue weighted by molar-refractivity contribution is 5.83. The first-order valence-electron chi connectivity index (χ1n) is 7.59. The number of hydrogen-bond acceptors (Lipinski definition) is 8. The third-order valence-corrected chi connectivity index (χ3v) is 4.21. The van der Waals surface area contributed by atoms with Gasteiger partial charge in [-0.2, -0.15) is 0 Å². The predicted octanol–water partition coefficient (Wildman–Crippen LogP) is 1.36. The first-order chi connectivity index (χ1) is 12.0. The van der Waals surface area contributed by atoms with Crippen LogP contribution < -0.4 is 14.2 Å². The number of ether oxygens (including phenoxy) is 6. The Balaban J connectivity index is 2.48. The number of esters is 2. The van der Waals surface area contributed by atoms with Crippen LogP contribution in [0.15, 0.2) is 12.1 Å². The van der Waals surface area contributed by atoms with Crippen LogP contribution in [0.4, 0.5) is 0 Å². The van der Waals surface area contributed by atoms with E-state index in [0.717, 1.165) is 0 Å². The Hall–Kier alpha value is -2.48. The summed E-state index contributed by atoms with van der Waals surface area (Å²) in [6.07, 6.45) is -0.703. The van der Waals surface area contributed by atoms with Gasteiger partial charge in [-0.15, -0.1) is 0 Å². The second kappa shape index (κ2) is 8.06. The summed E-state index contributed by atoms with van der Waals surface area (Å²) in [5.74, 6) is -1.39. The Morgan fingerprint density at radius 3 is 1.92 bits per heavy atom. The van der Waals surface area contributed by atoms with Crippen molar-refractivity contribution in [2.45, 2.75) is 6.10 Å². The molecular formula is C17H22O8. The van der Waals surface area contributed by atoms with Crippen molar-refractivity contribution in [3.63, 3.8) is 0 Å². The van der Waals surface area contributed by atoms with Gasteiger partial charge in [0, 0.05) is 0 Å². The van der Waals surface area contributed by atoms with E-state index in [-0.39, 0.29) is 6.61 Å². The molecule has 0 N–H and O–H groups in total. The summed E-state index contributed by atoms with van der Waals surface area (Å²) in [6, 6.07) is 3.36. The molecule has 0 spiro atoms. The number of rotatable bonds is 6. The summed E-state index contributed by atoms with van der Waals surface area (Å²) in [6.45, 7) is 0.0494. The van der Waals surface area contributed by atoms with Crippen LogP contribution in [0.2, 0.25) is 0 Å². The van der Waals surface area contributed by atoms with E-state index in [1.807, 2.05) is 0 Å². The van der Waals surface area contributed by atoms with Gasteiger partial charge in [0.1, 0.15) is 5.92 Å². The Bertz CT molecular complexity index is 617. The number of benzene rings is 1. The van der Waals surface area contributed by atoms with E-state index < -0.39 is 29.9 Å². The van der Waals surface area contributed by atoms with E-state index in [9.17, 15) is 9.59 Å². The van der Waals surface area contributed by atoms with E-state index in [2.05, 4.69) is 0 Å². The summed E-state index contributed by atoms with van der Waals surface area (Å²) in [5, 5.41) is 0. The molecule has 0 saturated carbocycles. The molecule has 2 rings (SSSR count). The number of carbonyl (C=O) groups is 2. The van der Waals surface area contributed by atoms with Gasteiger partial charge in [-0.25, -0.2) is 0 Å². The van der Waals surface area contributed by atoms with Crippen molar-refractivity contribution in [2.75, 3.05) is 42.2 Å². The molecule has 25 heavy (non-hydrogen) atoms. The molecule has 138 valence electrons. The van der Waals surface area contributed by atoms with Crippen molar-refractivity contribution in [2.24, 2.45) is 11.8 Å². The predicted molar refractivity (Wildman–Crippen MR) is 85.8 cm³/mol. The average molecular weight is 354 g/mol. The van der Waals surface area contributed by atoms with Crippen molar-refractivity contribution in [1.29, 1.82) is 0 Å². The van der Waals surface area contributed by atoms with Crippen LogP contribution in [0.25, 0.3) is 0 Å². The van der Waals surface area contributed by atoms with Gasteiger partial charge in [0.2, 0.25) is 5.75 Å².